The Kier molecular flexibility index (Phi) is 4.61. The first-order chi connectivity index (χ1) is 14.1. The van der Waals surface area contributed by atoms with Gasteiger partial charge in [-0.05, 0) is 50.5 Å². The summed E-state index contributed by atoms with van der Waals surface area (Å²) in [7, 11) is -3.89. The molecule has 0 atom stereocenters. The number of hydrogen-bond acceptors (Lipinski definition) is 4. The number of aryl methyl sites for hydroxylation is 1. The van der Waals surface area contributed by atoms with E-state index in [1.54, 1.807) is 42.5 Å². The van der Waals surface area contributed by atoms with Gasteiger partial charge in [-0.25, -0.2) is 0 Å². The summed E-state index contributed by atoms with van der Waals surface area (Å²) in [4.78, 5) is 2.34. The van der Waals surface area contributed by atoms with Crippen molar-refractivity contribution in [3.05, 3.63) is 53.1 Å². The molecule has 1 saturated carbocycles. The first-order valence-electron chi connectivity index (χ1n) is 9.78. The second-order valence-corrected chi connectivity index (χ2v) is 12.1. The maximum atomic E-state index is 13.4. The monoisotopic (exact) mass is 483 g/mol. The third-order valence-electron chi connectivity index (χ3n) is 6.10. The van der Waals surface area contributed by atoms with Crippen molar-refractivity contribution < 1.29 is 8.42 Å². The maximum absolute atomic E-state index is 13.4. The number of aromatic nitrogens is 2. The summed E-state index contributed by atoms with van der Waals surface area (Å²) >= 11 is 19.5. The number of fused-ring (bicyclic) bond motifs is 1. The zero-order chi connectivity index (χ0) is 21.3. The molecule has 9 heteroatoms. The van der Waals surface area contributed by atoms with Crippen molar-refractivity contribution in [3.63, 3.8) is 0 Å². The van der Waals surface area contributed by atoms with E-state index in [1.165, 1.54) is 0 Å². The Morgan fingerprint density at radius 1 is 1.03 bits per heavy atom. The molecule has 1 aliphatic carbocycles. The normalized spacial score (nSPS) is 20.1. The van der Waals surface area contributed by atoms with Gasteiger partial charge >= 0.3 is 0 Å². The fourth-order valence-electron chi connectivity index (χ4n) is 4.36. The molecule has 5 nitrogen and oxygen atoms in total. The second kappa shape index (κ2) is 6.76. The lowest BCUT2D eigenvalue weighted by atomic mass is 9.98. The highest BCUT2D eigenvalue weighted by molar-refractivity contribution is 7.90. The number of halogens is 3. The number of benzene rings is 2. The molecule has 0 radical (unpaired) electrons. The Hall–Kier alpha value is -1.47. The molecular weight excluding hydrogens is 465 g/mol. The molecule has 0 amide bonds. The van der Waals surface area contributed by atoms with Crippen LogP contribution < -0.4 is 4.90 Å². The van der Waals surface area contributed by atoms with Crippen LogP contribution in [0.3, 0.4) is 0 Å². The lowest BCUT2D eigenvalue weighted by Crippen LogP contribution is -2.48. The van der Waals surface area contributed by atoms with E-state index in [0.717, 1.165) is 22.5 Å². The molecule has 3 aromatic rings. The summed E-state index contributed by atoms with van der Waals surface area (Å²) in [5.74, 6) is 0.577. The topological polar surface area (TPSA) is 55.2 Å². The zero-order valence-corrected chi connectivity index (χ0v) is 19.4. The summed E-state index contributed by atoms with van der Waals surface area (Å²) in [6.45, 7) is 2.51. The van der Waals surface area contributed by atoms with Crippen LogP contribution in [0.4, 0.5) is 5.82 Å². The van der Waals surface area contributed by atoms with E-state index >= 15 is 0 Å². The van der Waals surface area contributed by atoms with E-state index in [-0.39, 0.29) is 10.4 Å². The molecule has 30 heavy (non-hydrogen) atoms. The SMILES string of the molecule is Cc1ccc(S(=O)(=O)n2nc(N3CCC(Cl)(Cl)CC34CC4)c3c(Cl)cccc32)cc1. The predicted octanol–water partition coefficient (Wildman–Crippen LogP) is 5.54. The van der Waals surface area contributed by atoms with Gasteiger partial charge in [-0.3, -0.25) is 0 Å². The fraction of sp³-hybridized carbons (Fsp3) is 0.381. The number of piperidine rings is 1. The minimum atomic E-state index is -3.89. The molecule has 1 aliphatic heterocycles. The molecule has 1 spiro atoms. The molecule has 2 aromatic carbocycles. The van der Waals surface area contributed by atoms with Crippen molar-refractivity contribution in [1.29, 1.82) is 0 Å². The molecular formula is C21H20Cl3N3O2S. The van der Waals surface area contributed by atoms with Crippen molar-refractivity contribution in [2.75, 3.05) is 11.4 Å². The Labute approximate surface area is 190 Å². The van der Waals surface area contributed by atoms with Gasteiger partial charge in [-0.2, -0.15) is 12.5 Å². The first kappa shape index (κ1) is 20.4. The number of anilines is 1. The predicted molar refractivity (Wildman–Crippen MR) is 121 cm³/mol. The van der Waals surface area contributed by atoms with Crippen LogP contribution in [0.5, 0.6) is 0 Å². The van der Waals surface area contributed by atoms with Crippen LogP contribution in [0, 0.1) is 6.92 Å². The highest BCUT2D eigenvalue weighted by Crippen LogP contribution is 2.56. The first-order valence-corrected chi connectivity index (χ1v) is 12.4. The molecule has 0 unspecified atom stereocenters. The van der Waals surface area contributed by atoms with Gasteiger partial charge in [0.15, 0.2) is 5.82 Å². The Morgan fingerprint density at radius 3 is 2.40 bits per heavy atom. The standard InChI is InChI=1S/C21H20Cl3N3O2S/c1-14-5-7-15(8-6-14)30(28,29)27-17-4-2-3-16(22)18(17)19(25-27)26-12-11-21(23,24)13-20(26)9-10-20/h2-8H,9-13H2,1H3. The van der Waals surface area contributed by atoms with E-state index in [2.05, 4.69) is 10.00 Å². The molecule has 0 bridgehead atoms. The molecule has 5 rings (SSSR count). The average Bonchev–Trinajstić information content (AvgIpc) is 3.30. The van der Waals surface area contributed by atoms with Gasteiger partial charge in [0.2, 0.25) is 0 Å². The van der Waals surface area contributed by atoms with E-state index in [1.807, 2.05) is 6.92 Å². The van der Waals surface area contributed by atoms with Crippen LogP contribution >= 0.6 is 34.8 Å². The fourth-order valence-corrected chi connectivity index (χ4v) is 6.56. The van der Waals surface area contributed by atoms with E-state index in [0.29, 0.717) is 41.1 Å². The third-order valence-corrected chi connectivity index (χ3v) is 8.66. The van der Waals surface area contributed by atoms with Crippen molar-refractivity contribution in [2.45, 2.75) is 47.4 Å². The smallest absolute Gasteiger partial charge is 0.283 e. The largest absolute Gasteiger partial charge is 0.349 e. The summed E-state index contributed by atoms with van der Waals surface area (Å²) in [5, 5.41) is 5.72. The van der Waals surface area contributed by atoms with Gasteiger partial charge in [-0.1, -0.05) is 35.4 Å². The Balaban J connectivity index is 1.70. The van der Waals surface area contributed by atoms with E-state index < -0.39 is 14.4 Å². The van der Waals surface area contributed by atoms with E-state index in [4.69, 9.17) is 34.8 Å². The average molecular weight is 485 g/mol. The van der Waals surface area contributed by atoms with Gasteiger partial charge < -0.3 is 4.90 Å². The number of hydrogen-bond donors (Lipinski definition) is 0. The highest BCUT2D eigenvalue weighted by atomic mass is 35.5. The van der Waals surface area contributed by atoms with Gasteiger partial charge in [0.25, 0.3) is 10.0 Å². The molecule has 0 N–H and O–H groups in total. The highest BCUT2D eigenvalue weighted by Gasteiger charge is 2.56. The van der Waals surface area contributed by atoms with Gasteiger partial charge in [-0.15, -0.1) is 28.3 Å². The van der Waals surface area contributed by atoms with Crippen LogP contribution in [0.2, 0.25) is 5.02 Å². The van der Waals surface area contributed by atoms with Gasteiger partial charge in [0.1, 0.15) is 4.33 Å². The zero-order valence-electron chi connectivity index (χ0n) is 16.3. The van der Waals surface area contributed by atoms with Crippen molar-refractivity contribution >= 4 is 61.5 Å². The van der Waals surface area contributed by atoms with Gasteiger partial charge in [0.05, 0.1) is 20.8 Å². The quantitative estimate of drug-likeness (QED) is 0.458. The van der Waals surface area contributed by atoms with Crippen LogP contribution in [0.25, 0.3) is 10.9 Å². The van der Waals surface area contributed by atoms with Crippen molar-refractivity contribution in [3.8, 4) is 0 Å². The Morgan fingerprint density at radius 2 is 1.73 bits per heavy atom. The van der Waals surface area contributed by atoms with Crippen LogP contribution in [-0.2, 0) is 10.0 Å². The molecule has 2 aliphatic rings. The molecule has 2 fully saturated rings. The summed E-state index contributed by atoms with van der Waals surface area (Å²) in [6, 6.07) is 12.0. The summed E-state index contributed by atoms with van der Waals surface area (Å²) in [6.07, 6.45) is 3.07. The third kappa shape index (κ3) is 3.20. The van der Waals surface area contributed by atoms with E-state index in [9.17, 15) is 8.42 Å². The maximum Gasteiger partial charge on any atom is 0.283 e. The van der Waals surface area contributed by atoms with Crippen LogP contribution in [0.15, 0.2) is 47.4 Å². The number of nitrogens with zero attached hydrogens (tertiary/aromatic N) is 3. The van der Waals surface area contributed by atoms with Crippen molar-refractivity contribution in [2.24, 2.45) is 0 Å². The Bertz CT molecular complexity index is 1250. The molecule has 2 heterocycles. The van der Waals surface area contributed by atoms with Crippen LogP contribution in [0.1, 0.15) is 31.2 Å². The van der Waals surface area contributed by atoms with Gasteiger partial charge in [0, 0.05) is 18.5 Å². The summed E-state index contributed by atoms with van der Waals surface area (Å²) < 4.78 is 27.2. The van der Waals surface area contributed by atoms with Crippen LogP contribution in [-0.4, -0.2) is 34.0 Å². The van der Waals surface area contributed by atoms with Crippen molar-refractivity contribution in [1.82, 2.24) is 9.19 Å². The summed E-state index contributed by atoms with van der Waals surface area (Å²) in [5.41, 5.74) is 1.25. The minimum Gasteiger partial charge on any atom is -0.349 e. The second-order valence-electron chi connectivity index (χ2n) is 8.28. The molecule has 1 aromatic heterocycles. The lowest BCUT2D eigenvalue weighted by Gasteiger charge is -2.42. The lowest BCUT2D eigenvalue weighted by molar-refractivity contribution is 0.423. The minimum absolute atomic E-state index is 0.185. The molecule has 158 valence electrons. The number of alkyl halides is 2. The number of rotatable bonds is 3. The molecule has 1 saturated heterocycles.